The maximum absolute atomic E-state index is 13.3. The van der Waals surface area contributed by atoms with E-state index in [1.165, 1.54) is 17.6 Å². The van der Waals surface area contributed by atoms with E-state index in [1.807, 2.05) is 6.92 Å². The average Bonchev–Trinajstić information content (AvgIpc) is 3.22. The third-order valence-electron chi connectivity index (χ3n) is 4.04. The number of aryl methyl sites for hydroxylation is 2. The highest BCUT2D eigenvalue weighted by atomic mass is 32.1. The lowest BCUT2D eigenvalue weighted by Crippen LogP contribution is -2.11. The average molecular weight is 385 g/mol. The number of hydrogen-bond donors (Lipinski definition) is 1. The summed E-state index contributed by atoms with van der Waals surface area (Å²) >= 11 is 1.19. The van der Waals surface area contributed by atoms with Crippen molar-refractivity contribution in [3.05, 3.63) is 64.4 Å². The fourth-order valence-electron chi connectivity index (χ4n) is 2.89. The second-order valence-electron chi connectivity index (χ2n) is 5.96. The first-order valence-electron chi connectivity index (χ1n) is 8.01. The summed E-state index contributed by atoms with van der Waals surface area (Å²) in [6.07, 6.45) is 1.54. The van der Waals surface area contributed by atoms with E-state index in [0.29, 0.717) is 26.9 Å². The van der Waals surface area contributed by atoms with E-state index in [1.54, 1.807) is 19.1 Å². The molecular formula is C19H13F2N3O2S. The van der Waals surface area contributed by atoms with E-state index >= 15 is 0 Å². The van der Waals surface area contributed by atoms with Gasteiger partial charge in [0.1, 0.15) is 16.5 Å². The first-order valence-corrected chi connectivity index (χ1v) is 8.83. The van der Waals surface area contributed by atoms with Crippen LogP contribution in [0.1, 0.15) is 20.9 Å². The molecule has 0 saturated carbocycles. The number of benzene rings is 1. The maximum Gasteiger partial charge on any atom is 0.266 e. The van der Waals surface area contributed by atoms with Gasteiger partial charge < -0.3 is 9.73 Å². The quantitative estimate of drug-likeness (QED) is 0.533. The number of aromatic nitrogens is 2. The lowest BCUT2D eigenvalue weighted by Gasteiger charge is -2.05. The summed E-state index contributed by atoms with van der Waals surface area (Å²) in [7, 11) is 0. The van der Waals surface area contributed by atoms with E-state index in [4.69, 9.17) is 4.42 Å². The van der Waals surface area contributed by atoms with Crippen LogP contribution in [0.15, 0.2) is 41.0 Å². The van der Waals surface area contributed by atoms with Gasteiger partial charge in [0.05, 0.1) is 16.8 Å². The molecule has 0 bridgehead atoms. The molecule has 3 aromatic heterocycles. The summed E-state index contributed by atoms with van der Waals surface area (Å²) in [5.74, 6) is -1.01. The molecule has 27 heavy (non-hydrogen) atoms. The normalized spacial score (nSPS) is 11.1. The Morgan fingerprint density at radius 1 is 1.15 bits per heavy atom. The van der Waals surface area contributed by atoms with Gasteiger partial charge in [-0.05, 0) is 43.7 Å². The molecule has 0 atom stereocenters. The number of hydrogen-bond acceptors (Lipinski definition) is 5. The number of nitrogens with zero attached hydrogens (tertiary/aromatic N) is 2. The fourth-order valence-corrected chi connectivity index (χ4v) is 4.01. The van der Waals surface area contributed by atoms with Crippen molar-refractivity contribution in [2.24, 2.45) is 0 Å². The number of anilines is 1. The molecule has 1 amide bonds. The molecule has 0 fully saturated rings. The third kappa shape index (κ3) is 3.19. The van der Waals surface area contributed by atoms with Gasteiger partial charge in [0.2, 0.25) is 0 Å². The van der Waals surface area contributed by atoms with Crippen molar-refractivity contribution in [3.63, 3.8) is 0 Å². The molecule has 0 aliphatic carbocycles. The monoisotopic (exact) mass is 385 g/mol. The Kier molecular flexibility index (Phi) is 4.19. The fraction of sp³-hybridized carbons (Fsp3) is 0.105. The molecule has 1 N–H and O–H groups in total. The van der Waals surface area contributed by atoms with E-state index in [0.717, 1.165) is 29.3 Å². The molecule has 4 aromatic rings. The molecule has 5 nitrogen and oxygen atoms in total. The van der Waals surface area contributed by atoms with Crippen molar-refractivity contribution < 1.29 is 18.0 Å². The van der Waals surface area contributed by atoms with E-state index in [-0.39, 0.29) is 5.69 Å². The summed E-state index contributed by atoms with van der Waals surface area (Å²) in [5, 5.41) is 3.31. The van der Waals surface area contributed by atoms with Gasteiger partial charge in [-0.15, -0.1) is 11.3 Å². The van der Waals surface area contributed by atoms with Crippen molar-refractivity contribution in [1.82, 2.24) is 9.97 Å². The van der Waals surface area contributed by atoms with Crippen molar-refractivity contribution in [2.45, 2.75) is 13.8 Å². The largest absolute Gasteiger partial charge is 0.461 e. The predicted molar refractivity (Wildman–Crippen MR) is 98.9 cm³/mol. The van der Waals surface area contributed by atoms with Gasteiger partial charge in [-0.25, -0.2) is 18.7 Å². The summed E-state index contributed by atoms with van der Waals surface area (Å²) in [5.41, 5.74) is 1.48. The van der Waals surface area contributed by atoms with E-state index < -0.39 is 17.5 Å². The minimum atomic E-state index is -0.761. The highest BCUT2D eigenvalue weighted by Crippen LogP contribution is 2.33. The highest BCUT2D eigenvalue weighted by Gasteiger charge is 2.20. The van der Waals surface area contributed by atoms with Crippen LogP contribution in [0.5, 0.6) is 0 Å². The molecule has 0 aliphatic heterocycles. The molecule has 1 aromatic carbocycles. The second kappa shape index (κ2) is 6.55. The Balaban J connectivity index is 1.74. The molecule has 136 valence electrons. The minimum Gasteiger partial charge on any atom is -0.461 e. The SMILES string of the molecule is Cc1nc(-c2ccco2)nc2sc(C(=O)Nc3cc(F)cc(F)c3)c(C)c12. The van der Waals surface area contributed by atoms with Gasteiger partial charge in [0.15, 0.2) is 11.6 Å². The van der Waals surface area contributed by atoms with Crippen LogP contribution >= 0.6 is 11.3 Å². The van der Waals surface area contributed by atoms with Crippen LogP contribution in [-0.4, -0.2) is 15.9 Å². The summed E-state index contributed by atoms with van der Waals surface area (Å²) in [6, 6.07) is 6.37. The first kappa shape index (κ1) is 17.3. The third-order valence-corrected chi connectivity index (χ3v) is 5.22. The summed E-state index contributed by atoms with van der Waals surface area (Å²) < 4.78 is 32.0. The number of rotatable bonds is 3. The molecule has 4 rings (SSSR count). The molecule has 0 spiro atoms. The lowest BCUT2D eigenvalue weighted by molar-refractivity contribution is 0.103. The Hall–Kier alpha value is -3.13. The van der Waals surface area contributed by atoms with Gasteiger partial charge in [-0.2, -0.15) is 0 Å². The van der Waals surface area contributed by atoms with Crippen molar-refractivity contribution in [2.75, 3.05) is 5.32 Å². The van der Waals surface area contributed by atoms with Gasteiger partial charge >= 0.3 is 0 Å². The number of halogens is 2. The molecule has 0 unspecified atom stereocenters. The van der Waals surface area contributed by atoms with Crippen molar-refractivity contribution in [1.29, 1.82) is 0 Å². The van der Waals surface area contributed by atoms with Crippen molar-refractivity contribution >= 4 is 33.1 Å². The Bertz CT molecular complexity index is 1150. The zero-order chi connectivity index (χ0) is 19.1. The van der Waals surface area contributed by atoms with Crippen LogP contribution in [-0.2, 0) is 0 Å². The van der Waals surface area contributed by atoms with Crippen molar-refractivity contribution in [3.8, 4) is 11.6 Å². The molecule has 8 heteroatoms. The number of thiophene rings is 1. The van der Waals surface area contributed by atoms with Crippen LogP contribution < -0.4 is 5.32 Å². The standard InChI is InChI=1S/C19H13F2N3O2S/c1-9-15-10(2)22-17(14-4-3-5-26-14)24-19(15)27-16(9)18(25)23-13-7-11(20)6-12(21)8-13/h3-8H,1-2H3,(H,23,25). The Morgan fingerprint density at radius 2 is 1.89 bits per heavy atom. The van der Waals surface area contributed by atoms with Crippen LogP contribution in [0.3, 0.4) is 0 Å². The summed E-state index contributed by atoms with van der Waals surface area (Å²) in [4.78, 5) is 22.6. The Morgan fingerprint density at radius 3 is 2.56 bits per heavy atom. The topological polar surface area (TPSA) is 68.0 Å². The molecular weight excluding hydrogens is 372 g/mol. The molecule has 0 saturated heterocycles. The second-order valence-corrected chi connectivity index (χ2v) is 6.96. The number of furan rings is 1. The number of nitrogens with one attached hydrogen (secondary N) is 1. The molecule has 0 radical (unpaired) electrons. The number of fused-ring (bicyclic) bond motifs is 1. The minimum absolute atomic E-state index is 0.0495. The Labute approximate surface area is 156 Å². The lowest BCUT2D eigenvalue weighted by atomic mass is 10.1. The zero-order valence-corrected chi connectivity index (χ0v) is 15.2. The van der Waals surface area contributed by atoms with Crippen LogP contribution in [0, 0.1) is 25.5 Å². The predicted octanol–water partition coefficient (Wildman–Crippen LogP) is 5.10. The number of carbonyl (C=O) groups excluding carboxylic acids is 1. The highest BCUT2D eigenvalue weighted by molar-refractivity contribution is 7.20. The number of carbonyl (C=O) groups is 1. The zero-order valence-electron chi connectivity index (χ0n) is 14.3. The smallest absolute Gasteiger partial charge is 0.266 e. The van der Waals surface area contributed by atoms with Gasteiger partial charge in [0.25, 0.3) is 5.91 Å². The van der Waals surface area contributed by atoms with Crippen LogP contribution in [0.4, 0.5) is 14.5 Å². The van der Waals surface area contributed by atoms with Gasteiger partial charge in [-0.3, -0.25) is 4.79 Å². The first-order chi connectivity index (χ1) is 12.9. The summed E-state index contributed by atoms with van der Waals surface area (Å²) in [6.45, 7) is 3.63. The van der Waals surface area contributed by atoms with Crippen LogP contribution in [0.2, 0.25) is 0 Å². The maximum atomic E-state index is 13.3. The van der Waals surface area contributed by atoms with Gasteiger partial charge in [-0.1, -0.05) is 0 Å². The van der Waals surface area contributed by atoms with Gasteiger partial charge in [0, 0.05) is 17.1 Å². The van der Waals surface area contributed by atoms with E-state index in [9.17, 15) is 13.6 Å². The van der Waals surface area contributed by atoms with E-state index in [2.05, 4.69) is 15.3 Å². The van der Waals surface area contributed by atoms with Crippen LogP contribution in [0.25, 0.3) is 21.8 Å². The number of amides is 1. The molecule has 0 aliphatic rings. The molecule has 3 heterocycles.